The molecule has 0 saturated carbocycles. The van der Waals surface area contributed by atoms with Gasteiger partial charge in [0.2, 0.25) is 5.60 Å². The summed E-state index contributed by atoms with van der Waals surface area (Å²) in [4.78, 5) is 18.3. The quantitative estimate of drug-likeness (QED) is 0.325. The summed E-state index contributed by atoms with van der Waals surface area (Å²) < 4.78 is 25.2. The van der Waals surface area contributed by atoms with Crippen molar-refractivity contribution >= 4 is 5.97 Å². The maximum atomic E-state index is 13.7. The Bertz CT molecular complexity index is 959. The molecule has 3 heterocycles. The fourth-order valence-corrected chi connectivity index (χ4v) is 8.35. The van der Waals surface area contributed by atoms with Crippen molar-refractivity contribution in [2.75, 3.05) is 27.7 Å². The van der Waals surface area contributed by atoms with Crippen molar-refractivity contribution in [2.24, 2.45) is 35.5 Å². The molecule has 3 saturated heterocycles. The van der Waals surface area contributed by atoms with Crippen LogP contribution in [-0.4, -0.2) is 96.8 Å². The summed E-state index contributed by atoms with van der Waals surface area (Å²) in [7, 11) is 6.42. The van der Waals surface area contributed by atoms with E-state index < -0.39 is 35.8 Å². The molecule has 3 fully saturated rings. The van der Waals surface area contributed by atoms with Crippen molar-refractivity contribution in [3.05, 3.63) is 25.2 Å². The van der Waals surface area contributed by atoms with E-state index in [1.807, 2.05) is 6.92 Å². The lowest BCUT2D eigenvalue weighted by Crippen LogP contribution is -2.58. The first-order valence-corrected chi connectivity index (χ1v) is 16.7. The molecule has 1 N–H and O–H groups in total. The highest BCUT2D eigenvalue weighted by Crippen LogP contribution is 2.43. The van der Waals surface area contributed by atoms with E-state index in [0.717, 1.165) is 25.8 Å². The second-order valence-corrected chi connectivity index (χ2v) is 14.6. The maximum Gasteiger partial charge on any atom is 0.311 e. The summed E-state index contributed by atoms with van der Waals surface area (Å²) in [6, 6.07) is 0.379. The standard InChI is InChI=1S/C35H62N2O6/c1-14-31-35(15-2)33(41-27(10)43-35)26(9)37(13)19-20(3)16-21(4)28(23(6)32(38)25(8)34(39)42-31)18-30-24(7)29(36(11)12)17-22(5)40-30/h15,20-26,28-33,38H,2,10,14,16-19H2,1,3-9,11-13H3. The molecule has 14 unspecified atom stereocenters. The van der Waals surface area contributed by atoms with Gasteiger partial charge in [-0.05, 0) is 110 Å². The Morgan fingerprint density at radius 1 is 1.07 bits per heavy atom. The van der Waals surface area contributed by atoms with Crippen LogP contribution in [-0.2, 0) is 23.7 Å². The molecule has 8 nitrogen and oxygen atoms in total. The fourth-order valence-electron chi connectivity index (χ4n) is 8.35. The predicted octanol–water partition coefficient (Wildman–Crippen LogP) is 5.50. The van der Waals surface area contributed by atoms with Gasteiger partial charge in [0.15, 0.2) is 6.10 Å². The van der Waals surface area contributed by atoms with Crippen molar-refractivity contribution < 1.29 is 28.8 Å². The van der Waals surface area contributed by atoms with Crippen molar-refractivity contribution in [3.8, 4) is 0 Å². The number of likely N-dealkylation sites (N-methyl/N-ethyl adjacent to an activating group) is 1. The number of aliphatic hydroxyl groups is 1. The number of aliphatic hydroxyl groups excluding tert-OH is 1. The maximum absolute atomic E-state index is 13.7. The zero-order valence-corrected chi connectivity index (χ0v) is 28.9. The zero-order chi connectivity index (χ0) is 32.4. The van der Waals surface area contributed by atoms with Crippen molar-refractivity contribution in [2.45, 2.75) is 129 Å². The summed E-state index contributed by atoms with van der Waals surface area (Å²) in [5.74, 6) is 0.137. The molecule has 248 valence electrons. The minimum Gasteiger partial charge on any atom is -0.457 e. The lowest BCUT2D eigenvalue weighted by Gasteiger charge is -2.45. The van der Waals surface area contributed by atoms with Crippen LogP contribution in [0.4, 0.5) is 0 Å². The molecule has 43 heavy (non-hydrogen) atoms. The van der Waals surface area contributed by atoms with Crippen LogP contribution in [0.5, 0.6) is 0 Å². The average Bonchev–Trinajstić information content (AvgIpc) is 3.30. The molecule has 0 radical (unpaired) electrons. The summed E-state index contributed by atoms with van der Waals surface area (Å²) in [6.45, 7) is 25.9. The first-order chi connectivity index (χ1) is 20.1. The molecule has 3 aliphatic rings. The van der Waals surface area contributed by atoms with Crippen molar-refractivity contribution in [1.29, 1.82) is 0 Å². The van der Waals surface area contributed by atoms with Gasteiger partial charge in [-0.15, -0.1) is 0 Å². The smallest absolute Gasteiger partial charge is 0.311 e. The summed E-state index contributed by atoms with van der Waals surface area (Å²) in [5.41, 5.74) is -1.08. The van der Waals surface area contributed by atoms with Crippen molar-refractivity contribution in [3.63, 3.8) is 0 Å². The van der Waals surface area contributed by atoms with Gasteiger partial charge in [0.25, 0.3) is 5.95 Å². The third kappa shape index (κ3) is 7.62. The fraction of sp³-hybridized carbons (Fsp3) is 0.857. The number of esters is 1. The minimum absolute atomic E-state index is 0.0634. The highest BCUT2D eigenvalue weighted by atomic mass is 16.7. The third-order valence-corrected chi connectivity index (χ3v) is 11.1. The summed E-state index contributed by atoms with van der Waals surface area (Å²) in [6.07, 6.45) is 3.34. The molecular formula is C35H62N2O6. The van der Waals surface area contributed by atoms with Crippen LogP contribution in [0.15, 0.2) is 25.2 Å². The van der Waals surface area contributed by atoms with Gasteiger partial charge < -0.3 is 29.0 Å². The van der Waals surface area contributed by atoms with Crippen LogP contribution >= 0.6 is 0 Å². The first-order valence-electron chi connectivity index (χ1n) is 16.7. The molecule has 0 aromatic heterocycles. The molecule has 0 aliphatic carbocycles. The Balaban J connectivity index is 1.99. The zero-order valence-electron chi connectivity index (χ0n) is 28.9. The molecule has 14 atom stereocenters. The van der Waals surface area contributed by atoms with Crippen LogP contribution in [0.2, 0.25) is 0 Å². The Kier molecular flexibility index (Phi) is 12.2. The number of cyclic esters (lactones) is 1. The molecule has 0 aromatic rings. The average molecular weight is 607 g/mol. The Morgan fingerprint density at radius 3 is 2.30 bits per heavy atom. The Morgan fingerprint density at radius 2 is 1.72 bits per heavy atom. The molecule has 0 aromatic carbocycles. The summed E-state index contributed by atoms with van der Waals surface area (Å²) >= 11 is 0. The normalized spacial score (nSPS) is 45.7. The largest absolute Gasteiger partial charge is 0.457 e. The number of carbonyl (C=O) groups is 1. The Labute approximate surface area is 262 Å². The molecule has 8 heteroatoms. The van der Waals surface area contributed by atoms with Gasteiger partial charge in [-0.2, -0.15) is 0 Å². The number of ether oxygens (including phenoxy) is 4. The van der Waals surface area contributed by atoms with Crippen LogP contribution in [0.3, 0.4) is 0 Å². The number of fused-ring (bicyclic) bond motifs is 1. The molecule has 0 spiro atoms. The number of nitrogens with zero attached hydrogens (tertiary/aromatic N) is 2. The molecular weight excluding hydrogens is 544 g/mol. The van der Waals surface area contributed by atoms with Crippen molar-refractivity contribution in [1.82, 2.24) is 9.80 Å². The van der Waals surface area contributed by atoms with Gasteiger partial charge >= 0.3 is 5.97 Å². The lowest BCUT2D eigenvalue weighted by atomic mass is 9.70. The van der Waals surface area contributed by atoms with Crippen LogP contribution in [0.25, 0.3) is 0 Å². The van der Waals surface area contributed by atoms with E-state index in [1.54, 1.807) is 13.0 Å². The second-order valence-electron chi connectivity index (χ2n) is 14.6. The molecule has 0 bridgehead atoms. The second kappa shape index (κ2) is 14.7. The topological polar surface area (TPSA) is 80.7 Å². The van der Waals surface area contributed by atoms with E-state index in [0.29, 0.717) is 30.2 Å². The monoisotopic (exact) mass is 606 g/mol. The highest BCUT2D eigenvalue weighted by Gasteiger charge is 2.57. The van der Waals surface area contributed by atoms with E-state index >= 15 is 0 Å². The SMILES string of the molecule is C=CC12OC(=C)OC1C(C)N(C)CC(C)CC(C)C(CC1OC(C)CC(N(C)C)C1C)C(C)C(O)C(C)C(=O)OC2CC. The van der Waals surface area contributed by atoms with E-state index in [-0.39, 0.29) is 36.0 Å². The van der Waals surface area contributed by atoms with E-state index in [1.165, 1.54) is 0 Å². The number of hydrogen-bond acceptors (Lipinski definition) is 8. The Hall–Kier alpha value is -1.61. The van der Waals surface area contributed by atoms with Gasteiger partial charge in [-0.25, -0.2) is 0 Å². The van der Waals surface area contributed by atoms with Gasteiger partial charge in [-0.3, -0.25) is 9.69 Å². The van der Waals surface area contributed by atoms with Crippen LogP contribution < -0.4 is 0 Å². The predicted molar refractivity (Wildman–Crippen MR) is 171 cm³/mol. The highest BCUT2D eigenvalue weighted by molar-refractivity contribution is 5.73. The molecule has 0 amide bonds. The first kappa shape index (κ1) is 35.9. The van der Waals surface area contributed by atoms with E-state index in [9.17, 15) is 9.90 Å². The minimum atomic E-state index is -1.08. The lowest BCUT2D eigenvalue weighted by molar-refractivity contribution is -0.172. The molecule has 3 aliphatic heterocycles. The number of carbonyl (C=O) groups excluding carboxylic acids is 1. The van der Waals surface area contributed by atoms with Gasteiger partial charge in [0.1, 0.15) is 6.10 Å². The van der Waals surface area contributed by atoms with Gasteiger partial charge in [0, 0.05) is 18.6 Å². The van der Waals surface area contributed by atoms with E-state index in [4.69, 9.17) is 18.9 Å². The van der Waals surface area contributed by atoms with Crippen LogP contribution in [0.1, 0.15) is 81.1 Å². The van der Waals surface area contributed by atoms with Crippen LogP contribution in [0, 0.1) is 35.5 Å². The third-order valence-electron chi connectivity index (χ3n) is 11.1. The molecule has 3 rings (SSSR count). The van der Waals surface area contributed by atoms with Gasteiger partial charge in [-0.1, -0.05) is 41.2 Å². The van der Waals surface area contributed by atoms with Gasteiger partial charge in [0.05, 0.1) is 24.2 Å². The van der Waals surface area contributed by atoms with E-state index in [2.05, 4.69) is 85.6 Å². The number of hydrogen-bond donors (Lipinski definition) is 1. The summed E-state index contributed by atoms with van der Waals surface area (Å²) in [5, 5.41) is 11.8. The number of rotatable bonds is 5.